The van der Waals surface area contributed by atoms with Crippen LogP contribution in [0.2, 0.25) is 0 Å². The van der Waals surface area contributed by atoms with Crippen LogP contribution in [-0.4, -0.2) is 60.4 Å². The molecule has 3 amide bonds. The van der Waals surface area contributed by atoms with Gasteiger partial charge in [0.2, 0.25) is 5.91 Å². The van der Waals surface area contributed by atoms with Gasteiger partial charge >= 0.3 is 6.03 Å². The lowest BCUT2D eigenvalue weighted by Gasteiger charge is -2.34. The van der Waals surface area contributed by atoms with Crippen molar-refractivity contribution in [3.63, 3.8) is 0 Å². The Hall–Kier alpha value is -1.18. The number of likely N-dealkylation sites (tertiary alicyclic amines) is 1. The molecule has 0 aromatic rings. The number of carbonyl (C=O) groups excluding carboxylic acids is 2. The Kier molecular flexibility index (Phi) is 6.03. The molecule has 4 N–H and O–H groups in total. The predicted octanol–water partition coefficient (Wildman–Crippen LogP) is -0.957. The van der Waals surface area contributed by atoms with Crippen LogP contribution in [0.15, 0.2) is 0 Å². The van der Waals surface area contributed by atoms with Crippen LogP contribution in [0.3, 0.4) is 0 Å². The minimum absolute atomic E-state index is 0.0254. The van der Waals surface area contributed by atoms with Gasteiger partial charge in [0.05, 0.1) is 25.4 Å². The fraction of sp³-hybridized carbons (Fsp3) is 0.818. The normalized spacial score (nSPS) is 19.4. The van der Waals surface area contributed by atoms with Gasteiger partial charge in [-0.2, -0.15) is 0 Å². The van der Waals surface area contributed by atoms with Crippen LogP contribution in [0.4, 0.5) is 4.79 Å². The molecule has 1 saturated heterocycles. The lowest BCUT2D eigenvalue weighted by molar-refractivity contribution is -0.125. The van der Waals surface area contributed by atoms with Crippen molar-refractivity contribution in [2.24, 2.45) is 5.73 Å². The topological polar surface area (TPSA) is 105 Å². The lowest BCUT2D eigenvalue weighted by atomic mass is 10.1. The average molecular weight is 259 g/mol. The summed E-state index contributed by atoms with van der Waals surface area (Å²) in [5, 5.41) is 10.7. The highest BCUT2D eigenvalue weighted by molar-refractivity contribution is 5.96. The van der Waals surface area contributed by atoms with Crippen molar-refractivity contribution in [2.75, 3.05) is 26.3 Å². The number of urea groups is 1. The minimum atomic E-state index is -0.826. The maximum Gasteiger partial charge on any atom is 0.318 e. The molecule has 0 aromatic carbocycles. The number of aliphatic hydroxyl groups is 1. The molecular weight excluding hydrogens is 238 g/mol. The Morgan fingerprint density at radius 2 is 2.11 bits per heavy atom. The second-order valence-electron chi connectivity index (χ2n) is 4.36. The Labute approximate surface area is 106 Å². The fourth-order valence-electron chi connectivity index (χ4n) is 2.04. The molecule has 1 aliphatic heterocycles. The van der Waals surface area contributed by atoms with E-state index in [0.717, 1.165) is 25.9 Å². The minimum Gasteiger partial charge on any atom is -0.394 e. The summed E-state index contributed by atoms with van der Waals surface area (Å²) in [6, 6.07) is -1.20. The first-order chi connectivity index (χ1) is 8.54. The molecule has 1 heterocycles. The maximum absolute atomic E-state index is 11.6. The van der Waals surface area contributed by atoms with Crippen LogP contribution in [0.1, 0.15) is 19.8 Å². The standard InChI is InChI=1S/C11H21N3O4/c1-8(10(16)13-11(12)17)14-4-2-9(3-5-14)18-7-6-15/h8-9,15H,2-7H2,1H3,(H3,12,13,16,17). The van der Waals surface area contributed by atoms with Gasteiger partial charge in [0.25, 0.3) is 0 Å². The maximum atomic E-state index is 11.6. The molecule has 104 valence electrons. The van der Waals surface area contributed by atoms with Gasteiger partial charge in [-0.3, -0.25) is 15.0 Å². The van der Waals surface area contributed by atoms with E-state index in [1.165, 1.54) is 0 Å². The predicted molar refractivity (Wildman–Crippen MR) is 64.8 cm³/mol. The van der Waals surface area contributed by atoms with E-state index in [4.69, 9.17) is 15.6 Å². The molecule has 1 rings (SSSR count). The number of nitrogens with two attached hydrogens (primary N) is 1. The Morgan fingerprint density at radius 3 is 2.61 bits per heavy atom. The van der Waals surface area contributed by atoms with Gasteiger partial charge in [0.15, 0.2) is 0 Å². The summed E-state index contributed by atoms with van der Waals surface area (Å²) in [6.07, 6.45) is 1.77. The smallest absolute Gasteiger partial charge is 0.318 e. The van der Waals surface area contributed by atoms with Crippen molar-refractivity contribution >= 4 is 11.9 Å². The number of hydrogen-bond acceptors (Lipinski definition) is 5. The first-order valence-corrected chi connectivity index (χ1v) is 6.11. The quantitative estimate of drug-likeness (QED) is 0.590. The van der Waals surface area contributed by atoms with Crippen LogP contribution in [-0.2, 0) is 9.53 Å². The number of nitrogens with zero attached hydrogens (tertiary/aromatic N) is 1. The molecule has 0 radical (unpaired) electrons. The number of primary amides is 1. The molecule has 1 unspecified atom stereocenters. The first-order valence-electron chi connectivity index (χ1n) is 6.11. The van der Waals surface area contributed by atoms with Gasteiger partial charge in [0, 0.05) is 13.1 Å². The summed E-state index contributed by atoms with van der Waals surface area (Å²) in [4.78, 5) is 24.2. The lowest BCUT2D eigenvalue weighted by Crippen LogP contribution is -2.51. The van der Waals surface area contributed by atoms with Crippen LogP contribution in [0.5, 0.6) is 0 Å². The second-order valence-corrected chi connectivity index (χ2v) is 4.36. The monoisotopic (exact) mass is 259 g/mol. The molecule has 18 heavy (non-hydrogen) atoms. The average Bonchev–Trinajstić information content (AvgIpc) is 2.35. The summed E-state index contributed by atoms with van der Waals surface area (Å²) in [5.74, 6) is -0.378. The van der Waals surface area contributed by atoms with Crippen LogP contribution >= 0.6 is 0 Å². The third kappa shape index (κ3) is 4.59. The Bertz CT molecular complexity index is 290. The van der Waals surface area contributed by atoms with Crippen LogP contribution in [0.25, 0.3) is 0 Å². The molecular formula is C11H21N3O4. The highest BCUT2D eigenvalue weighted by Gasteiger charge is 2.27. The van der Waals surface area contributed by atoms with E-state index in [0.29, 0.717) is 6.61 Å². The summed E-state index contributed by atoms with van der Waals surface area (Å²) in [7, 11) is 0. The zero-order valence-electron chi connectivity index (χ0n) is 10.6. The number of piperidine rings is 1. The number of aliphatic hydroxyl groups excluding tert-OH is 1. The molecule has 0 aliphatic carbocycles. The van der Waals surface area contributed by atoms with E-state index in [-0.39, 0.29) is 24.7 Å². The van der Waals surface area contributed by atoms with Crippen molar-refractivity contribution in [3.05, 3.63) is 0 Å². The molecule has 1 fully saturated rings. The largest absolute Gasteiger partial charge is 0.394 e. The molecule has 0 bridgehead atoms. The van der Waals surface area contributed by atoms with Crippen molar-refractivity contribution in [1.82, 2.24) is 10.2 Å². The van der Waals surface area contributed by atoms with Gasteiger partial charge in [-0.05, 0) is 19.8 Å². The molecule has 1 atom stereocenters. The number of imide groups is 1. The number of ether oxygens (including phenoxy) is 1. The van der Waals surface area contributed by atoms with Gasteiger partial charge in [-0.1, -0.05) is 0 Å². The third-order valence-corrected chi connectivity index (χ3v) is 3.09. The number of hydrogen-bond donors (Lipinski definition) is 3. The van der Waals surface area contributed by atoms with Crippen molar-refractivity contribution in [3.8, 4) is 0 Å². The fourth-order valence-corrected chi connectivity index (χ4v) is 2.04. The Morgan fingerprint density at radius 1 is 1.50 bits per heavy atom. The molecule has 1 aliphatic rings. The highest BCUT2D eigenvalue weighted by atomic mass is 16.5. The number of rotatable bonds is 5. The van der Waals surface area contributed by atoms with Crippen LogP contribution < -0.4 is 11.1 Å². The number of amides is 3. The van der Waals surface area contributed by atoms with E-state index in [2.05, 4.69) is 5.32 Å². The van der Waals surface area contributed by atoms with Crippen molar-refractivity contribution < 1.29 is 19.4 Å². The molecule has 0 aromatic heterocycles. The number of nitrogens with one attached hydrogen (secondary N) is 1. The van der Waals surface area contributed by atoms with Crippen molar-refractivity contribution in [2.45, 2.75) is 31.9 Å². The summed E-state index contributed by atoms with van der Waals surface area (Å²) in [5.41, 5.74) is 4.90. The molecule has 0 spiro atoms. The highest BCUT2D eigenvalue weighted by Crippen LogP contribution is 2.15. The zero-order valence-corrected chi connectivity index (χ0v) is 10.6. The Balaban J connectivity index is 2.33. The molecule has 7 heteroatoms. The van der Waals surface area contributed by atoms with Gasteiger partial charge in [0.1, 0.15) is 0 Å². The molecule has 7 nitrogen and oxygen atoms in total. The summed E-state index contributed by atoms with van der Waals surface area (Å²) in [6.45, 7) is 3.57. The SMILES string of the molecule is CC(C(=O)NC(N)=O)N1CCC(OCCO)CC1. The van der Waals surface area contributed by atoms with Gasteiger partial charge < -0.3 is 15.6 Å². The van der Waals surface area contributed by atoms with Crippen LogP contribution in [0, 0.1) is 0 Å². The van der Waals surface area contributed by atoms with E-state index in [9.17, 15) is 9.59 Å². The van der Waals surface area contributed by atoms with E-state index >= 15 is 0 Å². The third-order valence-electron chi connectivity index (χ3n) is 3.09. The summed E-state index contributed by atoms with van der Waals surface area (Å²) < 4.78 is 5.43. The first kappa shape index (κ1) is 14.9. The van der Waals surface area contributed by atoms with Crippen molar-refractivity contribution in [1.29, 1.82) is 0 Å². The summed E-state index contributed by atoms with van der Waals surface area (Å²) >= 11 is 0. The number of carbonyl (C=O) groups is 2. The zero-order chi connectivity index (χ0) is 13.5. The van der Waals surface area contributed by atoms with E-state index in [1.54, 1.807) is 6.92 Å². The molecule has 0 saturated carbocycles. The van der Waals surface area contributed by atoms with Gasteiger partial charge in [-0.25, -0.2) is 4.79 Å². The van der Waals surface area contributed by atoms with E-state index in [1.807, 2.05) is 4.90 Å². The van der Waals surface area contributed by atoms with Gasteiger partial charge in [-0.15, -0.1) is 0 Å². The van der Waals surface area contributed by atoms with E-state index < -0.39 is 6.03 Å². The second kappa shape index (κ2) is 7.30.